The maximum Gasteiger partial charge on any atom is 0.120 e. The molecule has 1 aromatic rings. The highest BCUT2D eigenvalue weighted by atomic mass is 16.5. The van der Waals surface area contributed by atoms with E-state index in [-0.39, 0.29) is 11.7 Å². The summed E-state index contributed by atoms with van der Waals surface area (Å²) in [5, 5.41) is 3.53. The number of ether oxygens (including phenoxy) is 2. The number of rotatable bonds is 8. The Morgan fingerprint density at radius 3 is 2.50 bits per heavy atom. The average molecular weight is 279 g/mol. The highest BCUT2D eigenvalue weighted by Crippen LogP contribution is 2.20. The molecule has 0 saturated heterocycles. The van der Waals surface area contributed by atoms with Crippen LogP contribution in [-0.4, -0.2) is 25.4 Å². The van der Waals surface area contributed by atoms with Crippen molar-refractivity contribution in [2.24, 2.45) is 0 Å². The second-order valence-corrected chi connectivity index (χ2v) is 6.13. The van der Waals surface area contributed by atoms with Gasteiger partial charge in [0.1, 0.15) is 5.75 Å². The highest BCUT2D eigenvalue weighted by molar-refractivity contribution is 5.30. The number of benzene rings is 1. The zero-order valence-electron chi connectivity index (χ0n) is 13.7. The van der Waals surface area contributed by atoms with Gasteiger partial charge in [-0.25, -0.2) is 0 Å². The van der Waals surface area contributed by atoms with Crippen molar-refractivity contribution in [3.05, 3.63) is 29.8 Å². The first-order chi connectivity index (χ1) is 9.34. The number of hydrogen-bond acceptors (Lipinski definition) is 3. The van der Waals surface area contributed by atoms with Crippen molar-refractivity contribution < 1.29 is 9.47 Å². The van der Waals surface area contributed by atoms with Gasteiger partial charge >= 0.3 is 0 Å². The predicted molar refractivity (Wildman–Crippen MR) is 84.3 cm³/mol. The molecule has 1 aromatic carbocycles. The van der Waals surface area contributed by atoms with Crippen LogP contribution >= 0.6 is 0 Å². The van der Waals surface area contributed by atoms with Crippen LogP contribution in [0.3, 0.4) is 0 Å². The van der Waals surface area contributed by atoms with Gasteiger partial charge in [0, 0.05) is 13.2 Å². The van der Waals surface area contributed by atoms with Crippen LogP contribution in [0.2, 0.25) is 0 Å². The topological polar surface area (TPSA) is 30.5 Å². The van der Waals surface area contributed by atoms with Crippen LogP contribution in [0, 0.1) is 0 Å². The molecule has 1 N–H and O–H groups in total. The van der Waals surface area contributed by atoms with Crippen LogP contribution in [0.5, 0.6) is 5.75 Å². The smallest absolute Gasteiger partial charge is 0.120 e. The van der Waals surface area contributed by atoms with Gasteiger partial charge in [0.25, 0.3) is 0 Å². The van der Waals surface area contributed by atoms with E-state index in [1.807, 2.05) is 26.0 Å². The van der Waals surface area contributed by atoms with E-state index in [4.69, 9.17) is 9.47 Å². The third-order valence-electron chi connectivity index (χ3n) is 3.46. The van der Waals surface area contributed by atoms with Gasteiger partial charge in [-0.3, -0.25) is 0 Å². The van der Waals surface area contributed by atoms with Gasteiger partial charge in [0.2, 0.25) is 0 Å². The molecule has 0 amide bonds. The molecular formula is C17H29NO2. The molecule has 0 aromatic heterocycles. The molecule has 0 radical (unpaired) electrons. The summed E-state index contributed by atoms with van der Waals surface area (Å²) in [7, 11) is 1.76. The SMILES string of the molecule is COC(C)(C)CCNC(C)c1cccc(OC(C)C)c1. The van der Waals surface area contributed by atoms with E-state index in [1.165, 1.54) is 5.56 Å². The molecule has 1 rings (SSSR count). The Labute approximate surface area is 123 Å². The maximum atomic E-state index is 5.73. The molecule has 3 nitrogen and oxygen atoms in total. The van der Waals surface area contributed by atoms with E-state index in [0.29, 0.717) is 6.04 Å². The highest BCUT2D eigenvalue weighted by Gasteiger charge is 2.16. The van der Waals surface area contributed by atoms with Crippen molar-refractivity contribution in [1.82, 2.24) is 5.32 Å². The lowest BCUT2D eigenvalue weighted by molar-refractivity contribution is 0.0154. The number of methoxy groups -OCH3 is 1. The van der Waals surface area contributed by atoms with Crippen molar-refractivity contribution >= 4 is 0 Å². The van der Waals surface area contributed by atoms with Gasteiger partial charge in [-0.2, -0.15) is 0 Å². The van der Waals surface area contributed by atoms with Crippen molar-refractivity contribution in [2.75, 3.05) is 13.7 Å². The fourth-order valence-electron chi connectivity index (χ4n) is 1.94. The maximum absolute atomic E-state index is 5.73. The summed E-state index contributed by atoms with van der Waals surface area (Å²) >= 11 is 0. The Balaban J connectivity index is 2.53. The van der Waals surface area contributed by atoms with Gasteiger partial charge in [-0.15, -0.1) is 0 Å². The Hall–Kier alpha value is -1.06. The first kappa shape index (κ1) is 17.0. The van der Waals surface area contributed by atoms with Gasteiger partial charge in [0.15, 0.2) is 0 Å². The largest absolute Gasteiger partial charge is 0.491 e. The van der Waals surface area contributed by atoms with Crippen molar-refractivity contribution in [3.8, 4) is 5.75 Å². The van der Waals surface area contributed by atoms with Gasteiger partial charge < -0.3 is 14.8 Å². The lowest BCUT2D eigenvalue weighted by Gasteiger charge is -2.24. The minimum atomic E-state index is -0.0741. The summed E-state index contributed by atoms with van der Waals surface area (Å²) in [6.45, 7) is 11.4. The monoisotopic (exact) mass is 279 g/mol. The Morgan fingerprint density at radius 1 is 1.20 bits per heavy atom. The van der Waals surface area contributed by atoms with Crippen LogP contribution in [-0.2, 0) is 4.74 Å². The molecule has 0 aliphatic carbocycles. The molecule has 0 spiro atoms. The fourth-order valence-corrected chi connectivity index (χ4v) is 1.94. The minimum absolute atomic E-state index is 0.0741. The second-order valence-electron chi connectivity index (χ2n) is 6.13. The van der Waals surface area contributed by atoms with Crippen LogP contribution in [0.1, 0.15) is 52.6 Å². The normalized spacial score (nSPS) is 13.6. The quantitative estimate of drug-likeness (QED) is 0.782. The third-order valence-corrected chi connectivity index (χ3v) is 3.46. The van der Waals surface area contributed by atoms with E-state index < -0.39 is 0 Å². The molecule has 20 heavy (non-hydrogen) atoms. The van der Waals surface area contributed by atoms with Crippen molar-refractivity contribution in [1.29, 1.82) is 0 Å². The van der Waals surface area contributed by atoms with E-state index >= 15 is 0 Å². The van der Waals surface area contributed by atoms with Crippen molar-refractivity contribution in [2.45, 2.75) is 58.8 Å². The second kappa shape index (κ2) is 7.65. The molecule has 0 aliphatic heterocycles. The molecule has 3 heteroatoms. The standard InChI is InChI=1S/C17H29NO2/c1-13(2)20-16-9-7-8-15(12-16)14(3)18-11-10-17(4,5)19-6/h7-9,12-14,18H,10-11H2,1-6H3. The van der Waals surface area contributed by atoms with Crippen molar-refractivity contribution in [3.63, 3.8) is 0 Å². The van der Waals surface area contributed by atoms with Gasteiger partial charge in [-0.05, 0) is 65.3 Å². The summed E-state index contributed by atoms with van der Waals surface area (Å²) in [6.07, 6.45) is 1.19. The summed E-state index contributed by atoms with van der Waals surface area (Å²) in [6, 6.07) is 8.60. The van der Waals surface area contributed by atoms with E-state index in [1.54, 1.807) is 7.11 Å². The average Bonchev–Trinajstić information content (AvgIpc) is 2.38. The van der Waals surface area contributed by atoms with Crippen LogP contribution in [0.4, 0.5) is 0 Å². The Kier molecular flexibility index (Phi) is 6.50. The first-order valence-electron chi connectivity index (χ1n) is 7.39. The lowest BCUT2D eigenvalue weighted by Crippen LogP contribution is -2.30. The zero-order valence-corrected chi connectivity index (χ0v) is 13.7. The van der Waals surface area contributed by atoms with Gasteiger partial charge in [-0.1, -0.05) is 12.1 Å². The summed E-state index contributed by atoms with van der Waals surface area (Å²) in [5.41, 5.74) is 1.17. The number of hydrogen-bond donors (Lipinski definition) is 1. The summed E-state index contributed by atoms with van der Waals surface area (Å²) in [4.78, 5) is 0. The molecule has 0 bridgehead atoms. The van der Waals surface area contributed by atoms with Gasteiger partial charge in [0.05, 0.1) is 11.7 Å². The van der Waals surface area contributed by atoms with E-state index in [0.717, 1.165) is 18.7 Å². The third kappa shape index (κ3) is 5.93. The molecule has 1 unspecified atom stereocenters. The number of nitrogens with one attached hydrogen (secondary N) is 1. The molecule has 114 valence electrons. The predicted octanol–water partition coefficient (Wildman–Crippen LogP) is 3.94. The van der Waals surface area contributed by atoms with Crippen LogP contribution < -0.4 is 10.1 Å². The lowest BCUT2D eigenvalue weighted by atomic mass is 10.0. The molecule has 0 saturated carbocycles. The molecule has 0 heterocycles. The van der Waals surface area contributed by atoms with Crippen LogP contribution in [0.25, 0.3) is 0 Å². The summed E-state index contributed by atoms with van der Waals surface area (Å²) < 4.78 is 11.2. The zero-order chi connectivity index (χ0) is 15.2. The van der Waals surface area contributed by atoms with E-state index in [9.17, 15) is 0 Å². The van der Waals surface area contributed by atoms with Crippen LogP contribution in [0.15, 0.2) is 24.3 Å². The first-order valence-corrected chi connectivity index (χ1v) is 7.39. The molecular weight excluding hydrogens is 250 g/mol. The minimum Gasteiger partial charge on any atom is -0.491 e. The molecule has 0 fully saturated rings. The molecule has 0 aliphatic rings. The van der Waals surface area contributed by atoms with E-state index in [2.05, 4.69) is 38.2 Å². The molecule has 1 atom stereocenters. The summed E-state index contributed by atoms with van der Waals surface area (Å²) in [5.74, 6) is 0.934. The Bertz CT molecular complexity index is 402. The fraction of sp³-hybridized carbons (Fsp3) is 0.647. The Morgan fingerprint density at radius 2 is 1.90 bits per heavy atom.